The first-order valence-corrected chi connectivity index (χ1v) is 11.4. The number of amides is 1. The highest BCUT2D eigenvalue weighted by Gasteiger charge is 2.21. The number of para-hydroxylation sites is 1. The molecular weight excluding hydrogens is 440 g/mol. The van der Waals surface area contributed by atoms with Crippen LogP contribution in [0, 0.1) is 0 Å². The molecule has 0 spiro atoms. The van der Waals surface area contributed by atoms with Crippen LogP contribution in [-0.4, -0.2) is 27.6 Å². The van der Waals surface area contributed by atoms with Crippen molar-refractivity contribution >= 4 is 33.0 Å². The van der Waals surface area contributed by atoms with E-state index in [-0.39, 0.29) is 16.4 Å². The van der Waals surface area contributed by atoms with Crippen LogP contribution in [-0.2, 0) is 10.1 Å². The Morgan fingerprint density at radius 1 is 0.879 bits per heavy atom. The molecule has 0 fully saturated rings. The van der Waals surface area contributed by atoms with Gasteiger partial charge in [0.2, 0.25) is 0 Å². The number of hydrazone groups is 1. The third-order valence-electron chi connectivity index (χ3n) is 4.86. The van der Waals surface area contributed by atoms with Crippen molar-refractivity contribution in [2.45, 2.75) is 4.90 Å². The predicted octanol–water partition coefficient (Wildman–Crippen LogP) is 4.38. The first-order valence-electron chi connectivity index (χ1n) is 9.97. The van der Waals surface area contributed by atoms with E-state index in [0.717, 1.165) is 10.8 Å². The lowest BCUT2D eigenvalue weighted by molar-refractivity contribution is 0.0956. The van der Waals surface area contributed by atoms with E-state index in [9.17, 15) is 13.2 Å². The van der Waals surface area contributed by atoms with E-state index in [2.05, 4.69) is 10.5 Å². The lowest BCUT2D eigenvalue weighted by Gasteiger charge is -2.13. The average molecular weight is 461 g/mol. The number of carbonyl (C=O) groups excluding carboxylic acids is 1. The number of methoxy groups -OCH3 is 1. The number of hydrogen-bond donors (Lipinski definition) is 1. The predicted molar refractivity (Wildman–Crippen MR) is 126 cm³/mol. The molecule has 4 rings (SSSR count). The van der Waals surface area contributed by atoms with Crippen LogP contribution in [0.3, 0.4) is 0 Å². The van der Waals surface area contributed by atoms with Gasteiger partial charge in [-0.1, -0.05) is 60.7 Å². The topological polar surface area (TPSA) is 94.1 Å². The maximum Gasteiger partial charge on any atom is 0.339 e. The number of hydrogen-bond acceptors (Lipinski definition) is 6. The molecule has 0 bridgehead atoms. The number of nitrogens with zero attached hydrogens (tertiary/aromatic N) is 1. The van der Waals surface area contributed by atoms with Crippen LogP contribution in [0.2, 0.25) is 0 Å². The molecule has 0 aliphatic rings. The van der Waals surface area contributed by atoms with E-state index in [1.807, 2.05) is 30.3 Å². The van der Waals surface area contributed by atoms with Gasteiger partial charge in [0, 0.05) is 11.1 Å². The zero-order valence-electron chi connectivity index (χ0n) is 17.6. The number of rotatable bonds is 7. The molecule has 4 aromatic rings. The lowest BCUT2D eigenvalue weighted by Crippen LogP contribution is -2.18. The third kappa shape index (κ3) is 4.86. The highest BCUT2D eigenvalue weighted by Crippen LogP contribution is 2.32. The Balaban J connectivity index is 1.60. The summed E-state index contributed by atoms with van der Waals surface area (Å²) < 4.78 is 36.1. The summed E-state index contributed by atoms with van der Waals surface area (Å²) in [6.45, 7) is 0. The van der Waals surface area contributed by atoms with E-state index in [1.54, 1.807) is 48.5 Å². The minimum absolute atomic E-state index is 0.00283. The van der Waals surface area contributed by atoms with Crippen LogP contribution in [0.25, 0.3) is 10.8 Å². The fraction of sp³-hybridized carbons (Fsp3) is 0.0400. The summed E-state index contributed by atoms with van der Waals surface area (Å²) in [5, 5.41) is 5.74. The van der Waals surface area contributed by atoms with Gasteiger partial charge in [-0.25, -0.2) is 5.43 Å². The molecular formula is C25H20N2O5S. The van der Waals surface area contributed by atoms with Crippen molar-refractivity contribution < 1.29 is 22.1 Å². The van der Waals surface area contributed by atoms with E-state index in [4.69, 9.17) is 8.92 Å². The lowest BCUT2D eigenvalue weighted by atomic mass is 10.0. The molecule has 0 unspecified atom stereocenters. The Hall–Kier alpha value is -4.17. The summed E-state index contributed by atoms with van der Waals surface area (Å²) in [5.74, 6) is -0.226. The fourth-order valence-electron chi connectivity index (χ4n) is 3.27. The number of fused-ring (bicyclic) bond motifs is 1. The van der Waals surface area contributed by atoms with Gasteiger partial charge in [-0.05, 0) is 41.1 Å². The first kappa shape index (κ1) is 22.0. The first-order chi connectivity index (χ1) is 16.0. The van der Waals surface area contributed by atoms with Gasteiger partial charge in [-0.2, -0.15) is 13.5 Å². The molecule has 1 N–H and O–H groups in total. The highest BCUT2D eigenvalue weighted by atomic mass is 32.2. The summed E-state index contributed by atoms with van der Waals surface area (Å²) in [6, 6.07) is 25.6. The van der Waals surface area contributed by atoms with Gasteiger partial charge in [-0.3, -0.25) is 4.79 Å². The standard InChI is InChI=1S/C25H20N2O5S/c1-31-23-16-8-11-19(24(23)32-33(29,30)20-12-3-2-4-13-20)17-26-27-25(28)22-15-7-10-18-9-5-6-14-21(18)22/h2-17H,1H3,(H,27,28)/b26-17-. The molecule has 33 heavy (non-hydrogen) atoms. The number of carbonyl (C=O) groups is 1. The normalized spacial score (nSPS) is 11.4. The molecule has 0 saturated heterocycles. The molecule has 4 aromatic carbocycles. The Morgan fingerprint density at radius 2 is 1.58 bits per heavy atom. The summed E-state index contributed by atoms with van der Waals surface area (Å²) in [4.78, 5) is 12.7. The molecule has 0 atom stereocenters. The van der Waals surface area contributed by atoms with Gasteiger partial charge in [0.1, 0.15) is 4.90 Å². The van der Waals surface area contributed by atoms with Gasteiger partial charge in [-0.15, -0.1) is 0 Å². The minimum Gasteiger partial charge on any atom is -0.493 e. The van der Waals surface area contributed by atoms with Crippen LogP contribution in [0.5, 0.6) is 11.5 Å². The summed E-state index contributed by atoms with van der Waals surface area (Å²) >= 11 is 0. The second-order valence-electron chi connectivity index (χ2n) is 6.95. The number of ether oxygens (including phenoxy) is 1. The molecule has 1 amide bonds. The molecule has 166 valence electrons. The van der Waals surface area contributed by atoms with Crippen molar-refractivity contribution in [3.63, 3.8) is 0 Å². The zero-order valence-corrected chi connectivity index (χ0v) is 18.5. The second-order valence-corrected chi connectivity index (χ2v) is 8.50. The van der Waals surface area contributed by atoms with Crippen molar-refractivity contribution in [2.24, 2.45) is 5.10 Å². The van der Waals surface area contributed by atoms with Gasteiger partial charge >= 0.3 is 10.1 Å². The molecule has 0 aromatic heterocycles. The smallest absolute Gasteiger partial charge is 0.339 e. The van der Waals surface area contributed by atoms with Crippen LogP contribution in [0.1, 0.15) is 15.9 Å². The number of nitrogens with one attached hydrogen (secondary N) is 1. The molecule has 0 aliphatic carbocycles. The summed E-state index contributed by atoms with van der Waals surface area (Å²) in [7, 11) is -2.70. The van der Waals surface area contributed by atoms with Crippen LogP contribution >= 0.6 is 0 Å². The molecule has 0 radical (unpaired) electrons. The largest absolute Gasteiger partial charge is 0.493 e. The van der Waals surface area contributed by atoms with Crippen molar-refractivity contribution in [2.75, 3.05) is 7.11 Å². The van der Waals surface area contributed by atoms with Gasteiger partial charge in [0.05, 0.1) is 13.3 Å². The second kappa shape index (κ2) is 9.54. The van der Waals surface area contributed by atoms with Gasteiger partial charge in [0.25, 0.3) is 5.91 Å². The quantitative estimate of drug-likeness (QED) is 0.251. The van der Waals surface area contributed by atoms with E-state index in [1.165, 1.54) is 25.5 Å². The Labute approximate surface area is 191 Å². The molecule has 7 nitrogen and oxygen atoms in total. The summed E-state index contributed by atoms with van der Waals surface area (Å²) in [5.41, 5.74) is 3.27. The van der Waals surface area contributed by atoms with Crippen molar-refractivity contribution in [3.8, 4) is 11.5 Å². The number of benzene rings is 4. The maximum absolute atomic E-state index is 12.7. The molecule has 0 heterocycles. The van der Waals surface area contributed by atoms with E-state index >= 15 is 0 Å². The van der Waals surface area contributed by atoms with E-state index in [0.29, 0.717) is 11.1 Å². The Morgan fingerprint density at radius 3 is 2.36 bits per heavy atom. The SMILES string of the molecule is COc1cccc(/C=N\NC(=O)c2cccc3ccccc23)c1OS(=O)(=O)c1ccccc1. The molecule has 0 saturated carbocycles. The highest BCUT2D eigenvalue weighted by molar-refractivity contribution is 7.87. The summed E-state index contributed by atoms with van der Waals surface area (Å²) in [6.07, 6.45) is 1.31. The fourth-order valence-corrected chi connectivity index (χ4v) is 4.26. The van der Waals surface area contributed by atoms with Gasteiger partial charge < -0.3 is 8.92 Å². The van der Waals surface area contributed by atoms with E-state index < -0.39 is 16.0 Å². The Kier molecular flexibility index (Phi) is 6.37. The van der Waals surface area contributed by atoms with Crippen molar-refractivity contribution in [1.29, 1.82) is 0 Å². The Bertz CT molecular complexity index is 1430. The molecule has 8 heteroatoms. The van der Waals surface area contributed by atoms with Gasteiger partial charge in [0.15, 0.2) is 11.5 Å². The monoisotopic (exact) mass is 460 g/mol. The zero-order chi connectivity index (χ0) is 23.3. The maximum atomic E-state index is 12.7. The molecule has 0 aliphatic heterocycles. The van der Waals surface area contributed by atoms with Crippen LogP contribution < -0.4 is 14.3 Å². The van der Waals surface area contributed by atoms with Crippen LogP contribution in [0.15, 0.2) is 101 Å². The van der Waals surface area contributed by atoms with Crippen molar-refractivity contribution in [3.05, 3.63) is 102 Å². The third-order valence-corrected chi connectivity index (χ3v) is 6.09. The van der Waals surface area contributed by atoms with Crippen LogP contribution in [0.4, 0.5) is 0 Å². The van der Waals surface area contributed by atoms with Crippen molar-refractivity contribution in [1.82, 2.24) is 5.43 Å². The average Bonchev–Trinajstić information content (AvgIpc) is 2.85. The minimum atomic E-state index is -4.11.